The highest BCUT2D eigenvalue weighted by atomic mass is 15.0. The van der Waals surface area contributed by atoms with Gasteiger partial charge >= 0.3 is 0 Å². The zero-order chi connectivity index (χ0) is 32.7. The number of aromatic nitrogens is 1. The molecule has 39 heavy (non-hydrogen) atoms. The maximum Gasteiger partial charge on any atom is 0.0629 e. The van der Waals surface area contributed by atoms with E-state index < -0.39 is 24.2 Å². The molecule has 0 atom stereocenters. The average Bonchev–Trinajstić information content (AvgIpc) is 3.44. The number of nitrogens with zero attached hydrogens (tertiary/aromatic N) is 1. The molecule has 8 rings (SSSR count). The van der Waals surface area contributed by atoms with Crippen LogP contribution in [0.5, 0.6) is 0 Å². The fraction of sp³-hybridized carbons (Fsp3) is 0. The molecule has 1 heteroatoms. The summed E-state index contributed by atoms with van der Waals surface area (Å²) in [4.78, 5) is 0. The Kier molecular flexibility index (Phi) is 3.42. The third-order valence-electron chi connectivity index (χ3n) is 7.41. The van der Waals surface area contributed by atoms with Crippen LogP contribution in [0, 0.1) is 0 Å². The predicted molar refractivity (Wildman–Crippen MR) is 167 cm³/mol. The standard InChI is InChI=1S/C38H25N/c1-3-13-26(14-4-1)37-30-18-7-9-20-32(30)38(33-21-10-8-19-31(33)37)27-23-24-36-34(25-27)29-17-11-12-22-35(29)39(36)28-15-5-2-6-16-28/h1-25H/i7D,8D,9D,10D,18D,19D,20D,21D. The van der Waals surface area contributed by atoms with Crippen molar-refractivity contribution in [2.45, 2.75) is 0 Å². The molecule has 0 saturated heterocycles. The van der Waals surface area contributed by atoms with E-state index in [2.05, 4.69) is 4.57 Å². The quantitative estimate of drug-likeness (QED) is 0.211. The highest BCUT2D eigenvalue weighted by Crippen LogP contribution is 2.44. The average molecular weight is 504 g/mol. The van der Waals surface area contributed by atoms with Gasteiger partial charge in [0.2, 0.25) is 0 Å². The molecule has 0 aliphatic rings. The van der Waals surface area contributed by atoms with Crippen LogP contribution in [0.2, 0.25) is 0 Å². The van der Waals surface area contributed by atoms with Crippen LogP contribution in [0.1, 0.15) is 11.0 Å². The summed E-state index contributed by atoms with van der Waals surface area (Å²) in [6.45, 7) is 0. The molecule has 182 valence electrons. The Morgan fingerprint density at radius 1 is 0.410 bits per heavy atom. The van der Waals surface area contributed by atoms with Crippen molar-refractivity contribution in [1.29, 1.82) is 0 Å². The van der Waals surface area contributed by atoms with Gasteiger partial charge in [0.25, 0.3) is 0 Å². The summed E-state index contributed by atoms with van der Waals surface area (Å²) in [6.07, 6.45) is 0. The van der Waals surface area contributed by atoms with Gasteiger partial charge in [-0.25, -0.2) is 0 Å². The van der Waals surface area contributed by atoms with Gasteiger partial charge in [-0.15, -0.1) is 0 Å². The van der Waals surface area contributed by atoms with E-state index in [-0.39, 0.29) is 45.7 Å². The number of hydrogen-bond acceptors (Lipinski definition) is 0. The summed E-state index contributed by atoms with van der Waals surface area (Å²) in [5, 5.41) is 2.71. The normalized spacial score (nSPS) is 14.5. The second-order valence-electron chi connectivity index (χ2n) is 9.54. The van der Waals surface area contributed by atoms with E-state index in [4.69, 9.17) is 8.22 Å². The largest absolute Gasteiger partial charge is 0.309 e. The van der Waals surface area contributed by atoms with Gasteiger partial charge in [-0.2, -0.15) is 0 Å². The van der Waals surface area contributed by atoms with Gasteiger partial charge in [0.1, 0.15) is 0 Å². The zero-order valence-corrected chi connectivity index (χ0v) is 20.8. The lowest BCUT2D eigenvalue weighted by atomic mass is 9.86. The van der Waals surface area contributed by atoms with Gasteiger partial charge in [0.15, 0.2) is 0 Å². The van der Waals surface area contributed by atoms with Crippen LogP contribution in [0.4, 0.5) is 0 Å². The highest BCUT2D eigenvalue weighted by Gasteiger charge is 2.18. The van der Waals surface area contributed by atoms with E-state index in [1.165, 1.54) is 0 Å². The Bertz CT molecular complexity index is 2510. The first-order valence-corrected chi connectivity index (χ1v) is 12.8. The van der Waals surface area contributed by atoms with E-state index >= 15 is 0 Å². The second-order valence-corrected chi connectivity index (χ2v) is 9.54. The number of hydrogen-bond donors (Lipinski definition) is 0. The van der Waals surface area contributed by atoms with Crippen LogP contribution in [0.25, 0.3) is 71.3 Å². The molecule has 0 saturated carbocycles. The summed E-state index contributed by atoms with van der Waals surface area (Å²) in [5.41, 5.74) is 4.76. The molecule has 0 amide bonds. The summed E-state index contributed by atoms with van der Waals surface area (Å²) >= 11 is 0. The van der Waals surface area contributed by atoms with Crippen molar-refractivity contribution >= 4 is 43.4 Å². The van der Waals surface area contributed by atoms with Crippen molar-refractivity contribution < 1.29 is 11.0 Å². The Labute approximate surface area is 238 Å². The molecule has 0 spiro atoms. The minimum atomic E-state index is -0.412. The Hall–Kier alpha value is -5.14. The van der Waals surface area contributed by atoms with Gasteiger partial charge in [0.05, 0.1) is 22.0 Å². The Morgan fingerprint density at radius 3 is 1.56 bits per heavy atom. The number of rotatable bonds is 3. The van der Waals surface area contributed by atoms with Crippen molar-refractivity contribution in [2.75, 3.05) is 0 Å². The van der Waals surface area contributed by atoms with Crippen LogP contribution in [0.3, 0.4) is 0 Å². The maximum atomic E-state index is 9.19. The first-order chi connectivity index (χ1) is 22.7. The van der Waals surface area contributed by atoms with Gasteiger partial charge in [-0.05, 0) is 74.1 Å². The minimum absolute atomic E-state index is 0.207. The third-order valence-corrected chi connectivity index (χ3v) is 7.41. The van der Waals surface area contributed by atoms with Crippen LogP contribution in [0.15, 0.2) is 151 Å². The highest BCUT2D eigenvalue weighted by molar-refractivity contribution is 6.22. The van der Waals surface area contributed by atoms with Crippen molar-refractivity contribution in [1.82, 2.24) is 4.57 Å². The van der Waals surface area contributed by atoms with Crippen LogP contribution < -0.4 is 0 Å². The van der Waals surface area contributed by atoms with Crippen LogP contribution >= 0.6 is 0 Å². The molecule has 1 nitrogen and oxygen atoms in total. The van der Waals surface area contributed by atoms with Crippen molar-refractivity contribution in [3.63, 3.8) is 0 Å². The van der Waals surface area contributed by atoms with E-state index in [1.54, 1.807) is 24.3 Å². The molecule has 7 aromatic carbocycles. The molecule has 0 aliphatic carbocycles. The summed E-state index contributed by atoms with van der Waals surface area (Å²) in [6, 6.07) is 30.2. The fourth-order valence-electron chi connectivity index (χ4n) is 5.79. The molecular weight excluding hydrogens is 470 g/mol. The van der Waals surface area contributed by atoms with Gasteiger partial charge in [-0.3, -0.25) is 0 Å². The topological polar surface area (TPSA) is 4.93 Å². The lowest BCUT2D eigenvalue weighted by Gasteiger charge is -2.18. The SMILES string of the molecule is [2H]c1c([2H])c([2H])c2c(-c3ccc4c(c3)c3ccccc3n4-c3ccccc3)c3c([2H])c([2H])c([2H])c([2H])c3c(-c3ccccc3)c2c1[2H]. The third kappa shape index (κ3) is 3.34. The minimum Gasteiger partial charge on any atom is -0.309 e. The molecule has 0 N–H and O–H groups in total. The smallest absolute Gasteiger partial charge is 0.0629 e. The molecule has 0 aliphatic heterocycles. The molecule has 1 aromatic heterocycles. The molecular formula is C38H25N. The number of para-hydroxylation sites is 2. The monoisotopic (exact) mass is 503 g/mol. The molecule has 0 bridgehead atoms. The number of fused-ring (bicyclic) bond motifs is 5. The van der Waals surface area contributed by atoms with Gasteiger partial charge in [0, 0.05) is 16.5 Å². The Morgan fingerprint density at radius 2 is 0.923 bits per heavy atom. The van der Waals surface area contributed by atoms with Crippen molar-refractivity contribution in [3.05, 3.63) is 151 Å². The predicted octanol–water partition coefficient (Wildman–Crippen LogP) is 10.4. The molecule has 1 heterocycles. The van der Waals surface area contributed by atoms with Crippen LogP contribution in [-0.4, -0.2) is 4.57 Å². The van der Waals surface area contributed by atoms with Gasteiger partial charge in [-0.1, -0.05) is 121 Å². The second kappa shape index (κ2) is 8.72. The van der Waals surface area contributed by atoms with Crippen molar-refractivity contribution in [3.8, 4) is 27.9 Å². The molecule has 0 unspecified atom stereocenters. The van der Waals surface area contributed by atoms with Crippen LogP contribution in [-0.2, 0) is 0 Å². The summed E-state index contributed by atoms with van der Waals surface area (Å²) in [7, 11) is 0. The summed E-state index contributed by atoms with van der Waals surface area (Å²) in [5.74, 6) is 0. The Balaban J connectivity index is 1.63. The lowest BCUT2D eigenvalue weighted by molar-refractivity contribution is 1.18. The number of benzene rings is 7. The fourth-order valence-corrected chi connectivity index (χ4v) is 5.79. The molecule has 0 radical (unpaired) electrons. The van der Waals surface area contributed by atoms with E-state index in [9.17, 15) is 2.74 Å². The van der Waals surface area contributed by atoms with Crippen molar-refractivity contribution in [2.24, 2.45) is 0 Å². The van der Waals surface area contributed by atoms with E-state index in [0.717, 1.165) is 27.5 Å². The van der Waals surface area contributed by atoms with E-state index in [0.29, 0.717) is 22.3 Å². The maximum absolute atomic E-state index is 9.19. The van der Waals surface area contributed by atoms with E-state index in [1.807, 2.05) is 78.9 Å². The lowest BCUT2D eigenvalue weighted by Crippen LogP contribution is -1.93. The first kappa shape index (κ1) is 15.3. The summed E-state index contributed by atoms with van der Waals surface area (Å²) < 4.78 is 73.4. The molecule has 8 aromatic rings. The first-order valence-electron chi connectivity index (χ1n) is 16.8. The van der Waals surface area contributed by atoms with Gasteiger partial charge < -0.3 is 4.57 Å². The molecule has 0 fully saturated rings. The zero-order valence-electron chi connectivity index (χ0n) is 28.8.